The molecule has 1 heterocycles. The van der Waals surface area contributed by atoms with E-state index in [4.69, 9.17) is 9.84 Å². The minimum atomic E-state index is -0.958. The summed E-state index contributed by atoms with van der Waals surface area (Å²) in [5.74, 6) is -1.33. The molecular weight excluding hydrogens is 210 g/mol. The average molecular weight is 229 g/mol. The van der Waals surface area contributed by atoms with Gasteiger partial charge < -0.3 is 15.2 Å². The lowest BCUT2D eigenvalue weighted by Crippen LogP contribution is -2.43. The smallest absolute Gasteiger partial charge is 0.326 e. The second kappa shape index (κ2) is 6.48. The van der Waals surface area contributed by atoms with Gasteiger partial charge in [0.05, 0.1) is 12.5 Å². The van der Waals surface area contributed by atoms with Crippen molar-refractivity contribution in [1.82, 2.24) is 5.32 Å². The van der Waals surface area contributed by atoms with Crippen molar-refractivity contribution in [2.24, 2.45) is 5.92 Å². The van der Waals surface area contributed by atoms with E-state index < -0.39 is 12.0 Å². The molecule has 16 heavy (non-hydrogen) atoms. The number of carboxylic acid groups (broad SMARTS) is 1. The molecule has 0 saturated carbocycles. The molecule has 5 heteroatoms. The summed E-state index contributed by atoms with van der Waals surface area (Å²) in [5.41, 5.74) is 0. The number of aliphatic carboxylic acids is 1. The topological polar surface area (TPSA) is 75.6 Å². The van der Waals surface area contributed by atoms with Gasteiger partial charge >= 0.3 is 5.97 Å². The van der Waals surface area contributed by atoms with Gasteiger partial charge in [0.25, 0.3) is 0 Å². The Labute approximate surface area is 95.2 Å². The lowest BCUT2D eigenvalue weighted by atomic mass is 10.1. The minimum absolute atomic E-state index is 0.177. The average Bonchev–Trinajstić information content (AvgIpc) is 2.76. The Balaban J connectivity index is 2.40. The van der Waals surface area contributed by atoms with Gasteiger partial charge in [-0.15, -0.1) is 0 Å². The number of rotatable bonds is 6. The number of carbonyl (C=O) groups excluding carboxylic acids is 1. The van der Waals surface area contributed by atoms with E-state index in [0.29, 0.717) is 26.1 Å². The third-order valence-electron chi connectivity index (χ3n) is 2.76. The van der Waals surface area contributed by atoms with Crippen LogP contribution >= 0.6 is 0 Å². The molecule has 2 atom stereocenters. The first kappa shape index (κ1) is 13.0. The molecule has 1 aliphatic rings. The predicted octanol–water partition coefficient (Wildman–Crippen LogP) is 0.782. The van der Waals surface area contributed by atoms with Crippen molar-refractivity contribution in [2.45, 2.75) is 38.6 Å². The fourth-order valence-electron chi connectivity index (χ4n) is 1.70. The van der Waals surface area contributed by atoms with Gasteiger partial charge in [-0.3, -0.25) is 4.79 Å². The van der Waals surface area contributed by atoms with Crippen LogP contribution in [-0.4, -0.2) is 36.2 Å². The monoisotopic (exact) mass is 229 g/mol. The van der Waals surface area contributed by atoms with Gasteiger partial charge in [0.1, 0.15) is 6.04 Å². The van der Waals surface area contributed by atoms with E-state index in [1.807, 2.05) is 6.92 Å². The normalized spacial score (nSPS) is 21.7. The highest BCUT2D eigenvalue weighted by Gasteiger charge is 2.27. The van der Waals surface area contributed by atoms with Gasteiger partial charge in [-0.25, -0.2) is 4.79 Å². The molecule has 1 aliphatic heterocycles. The number of carbonyl (C=O) groups is 2. The second-order valence-corrected chi connectivity index (χ2v) is 4.10. The Kier molecular flexibility index (Phi) is 5.25. The molecule has 0 aromatic carbocycles. The lowest BCUT2D eigenvalue weighted by molar-refractivity contribution is -0.142. The van der Waals surface area contributed by atoms with Crippen LogP contribution in [0.15, 0.2) is 0 Å². The van der Waals surface area contributed by atoms with Crippen LogP contribution in [0, 0.1) is 5.92 Å². The van der Waals surface area contributed by atoms with E-state index in [1.54, 1.807) is 0 Å². The molecule has 1 fully saturated rings. The summed E-state index contributed by atoms with van der Waals surface area (Å²) in [6.45, 7) is 2.99. The molecule has 5 nitrogen and oxygen atoms in total. The lowest BCUT2D eigenvalue weighted by Gasteiger charge is -2.16. The molecule has 2 N–H and O–H groups in total. The number of carboxylic acids is 1. The Bertz CT molecular complexity index is 248. The van der Waals surface area contributed by atoms with Crippen LogP contribution in [0.2, 0.25) is 0 Å². The molecule has 1 rings (SSSR count). The Morgan fingerprint density at radius 3 is 2.81 bits per heavy atom. The maximum absolute atomic E-state index is 11.7. The summed E-state index contributed by atoms with van der Waals surface area (Å²) in [4.78, 5) is 22.6. The first-order chi connectivity index (χ1) is 7.65. The fraction of sp³-hybridized carbons (Fsp3) is 0.818. The summed E-state index contributed by atoms with van der Waals surface area (Å²) in [6.07, 6.45) is 2.90. The molecule has 0 radical (unpaired) electrons. The number of unbranched alkanes of at least 4 members (excludes halogenated alkanes) is 1. The number of nitrogens with one attached hydrogen (secondary N) is 1. The van der Waals surface area contributed by atoms with Crippen molar-refractivity contribution in [3.63, 3.8) is 0 Å². The molecule has 0 aliphatic carbocycles. The van der Waals surface area contributed by atoms with Gasteiger partial charge in [-0.2, -0.15) is 0 Å². The molecule has 1 amide bonds. The Hall–Kier alpha value is -1.10. The van der Waals surface area contributed by atoms with Crippen molar-refractivity contribution in [3.8, 4) is 0 Å². The fourth-order valence-corrected chi connectivity index (χ4v) is 1.70. The maximum Gasteiger partial charge on any atom is 0.326 e. The van der Waals surface area contributed by atoms with Crippen LogP contribution in [-0.2, 0) is 14.3 Å². The second-order valence-electron chi connectivity index (χ2n) is 4.10. The molecule has 0 aromatic heterocycles. The van der Waals surface area contributed by atoms with E-state index >= 15 is 0 Å². The zero-order chi connectivity index (χ0) is 12.0. The van der Waals surface area contributed by atoms with Crippen molar-refractivity contribution < 1.29 is 19.4 Å². The Morgan fingerprint density at radius 1 is 1.56 bits per heavy atom. The predicted molar refractivity (Wildman–Crippen MR) is 58.0 cm³/mol. The van der Waals surface area contributed by atoms with Crippen molar-refractivity contribution in [1.29, 1.82) is 0 Å². The van der Waals surface area contributed by atoms with Crippen molar-refractivity contribution in [3.05, 3.63) is 0 Å². The van der Waals surface area contributed by atoms with E-state index in [-0.39, 0.29) is 11.8 Å². The molecule has 92 valence electrons. The quantitative estimate of drug-likeness (QED) is 0.705. The van der Waals surface area contributed by atoms with E-state index in [1.165, 1.54) is 0 Å². The molecule has 0 aromatic rings. The van der Waals surface area contributed by atoms with Gasteiger partial charge in [0, 0.05) is 6.61 Å². The maximum atomic E-state index is 11.7. The van der Waals surface area contributed by atoms with Crippen LogP contribution in [0.5, 0.6) is 0 Å². The molecule has 1 saturated heterocycles. The van der Waals surface area contributed by atoms with Gasteiger partial charge in [0.2, 0.25) is 5.91 Å². The number of ether oxygens (including phenoxy) is 1. The summed E-state index contributed by atoms with van der Waals surface area (Å²) in [5, 5.41) is 11.5. The van der Waals surface area contributed by atoms with Gasteiger partial charge in [-0.05, 0) is 12.8 Å². The summed E-state index contributed by atoms with van der Waals surface area (Å²) in [7, 11) is 0. The summed E-state index contributed by atoms with van der Waals surface area (Å²) < 4.78 is 5.09. The van der Waals surface area contributed by atoms with Crippen molar-refractivity contribution >= 4 is 11.9 Å². The van der Waals surface area contributed by atoms with Gasteiger partial charge in [-0.1, -0.05) is 19.8 Å². The summed E-state index contributed by atoms with van der Waals surface area (Å²) >= 11 is 0. The number of amides is 1. The molecule has 0 unspecified atom stereocenters. The van der Waals surface area contributed by atoms with Crippen LogP contribution in [0.3, 0.4) is 0 Å². The number of hydrogen-bond acceptors (Lipinski definition) is 3. The third kappa shape index (κ3) is 3.81. The SMILES string of the molecule is CCCC[C@@H](NC(=O)[C@H]1CCOC1)C(=O)O. The van der Waals surface area contributed by atoms with Crippen LogP contribution in [0.25, 0.3) is 0 Å². The van der Waals surface area contributed by atoms with Crippen LogP contribution in [0.1, 0.15) is 32.6 Å². The minimum Gasteiger partial charge on any atom is -0.480 e. The highest BCUT2D eigenvalue weighted by Crippen LogP contribution is 2.13. The zero-order valence-corrected chi connectivity index (χ0v) is 9.57. The van der Waals surface area contributed by atoms with Crippen LogP contribution < -0.4 is 5.32 Å². The first-order valence-corrected chi connectivity index (χ1v) is 5.76. The Morgan fingerprint density at radius 2 is 2.31 bits per heavy atom. The van der Waals surface area contributed by atoms with Crippen molar-refractivity contribution in [2.75, 3.05) is 13.2 Å². The first-order valence-electron chi connectivity index (χ1n) is 5.76. The summed E-state index contributed by atoms with van der Waals surface area (Å²) in [6, 6.07) is -0.756. The third-order valence-corrected chi connectivity index (χ3v) is 2.76. The highest BCUT2D eigenvalue weighted by molar-refractivity contribution is 5.85. The van der Waals surface area contributed by atoms with Crippen LogP contribution in [0.4, 0.5) is 0 Å². The standard InChI is InChI=1S/C11H19NO4/c1-2-3-4-9(11(14)15)12-10(13)8-5-6-16-7-8/h8-9H,2-7H2,1H3,(H,12,13)(H,14,15)/t8-,9+/m0/s1. The zero-order valence-electron chi connectivity index (χ0n) is 9.57. The van der Waals surface area contributed by atoms with E-state index in [0.717, 1.165) is 12.8 Å². The van der Waals surface area contributed by atoms with E-state index in [2.05, 4.69) is 5.32 Å². The molecule has 0 bridgehead atoms. The van der Waals surface area contributed by atoms with Gasteiger partial charge in [0.15, 0.2) is 0 Å². The van der Waals surface area contributed by atoms with E-state index in [9.17, 15) is 9.59 Å². The largest absolute Gasteiger partial charge is 0.480 e. The molecule has 0 spiro atoms. The number of hydrogen-bond donors (Lipinski definition) is 2. The highest BCUT2D eigenvalue weighted by atomic mass is 16.5. The molecular formula is C11H19NO4.